The van der Waals surface area contributed by atoms with E-state index in [9.17, 15) is 10.2 Å². The number of piperidine rings is 1. The molecule has 0 bridgehead atoms. The average Bonchev–Trinajstić information content (AvgIpc) is 2.84. The first-order chi connectivity index (χ1) is 16.1. The van der Waals surface area contributed by atoms with Gasteiger partial charge in [0.05, 0.1) is 25.4 Å². The van der Waals surface area contributed by atoms with Crippen LogP contribution in [0.3, 0.4) is 0 Å². The van der Waals surface area contributed by atoms with Crippen molar-refractivity contribution in [1.82, 2.24) is 4.90 Å². The monoisotopic (exact) mass is 457 g/mol. The summed E-state index contributed by atoms with van der Waals surface area (Å²) in [6.07, 6.45) is 6.17. The van der Waals surface area contributed by atoms with E-state index in [0.29, 0.717) is 48.9 Å². The van der Waals surface area contributed by atoms with Gasteiger partial charge in [-0.05, 0) is 75.0 Å². The molecule has 2 N–H and O–H groups in total. The van der Waals surface area contributed by atoms with E-state index in [2.05, 4.69) is 11.8 Å². The van der Waals surface area contributed by atoms with E-state index < -0.39 is 6.10 Å². The zero-order valence-corrected chi connectivity index (χ0v) is 20.1. The van der Waals surface area contributed by atoms with Crippen LogP contribution in [0.15, 0.2) is 36.4 Å². The zero-order chi connectivity index (χ0) is 23.5. The van der Waals surface area contributed by atoms with Gasteiger partial charge in [0, 0.05) is 6.54 Å². The summed E-state index contributed by atoms with van der Waals surface area (Å²) in [5.41, 5.74) is 1.71. The Morgan fingerprint density at radius 3 is 2.36 bits per heavy atom. The number of benzene rings is 2. The lowest BCUT2D eigenvalue weighted by atomic mass is 9.99. The number of aryl methyl sites for hydroxylation is 1. The molecule has 2 aromatic carbocycles. The van der Waals surface area contributed by atoms with Gasteiger partial charge in [0.15, 0.2) is 11.5 Å². The lowest BCUT2D eigenvalue weighted by molar-refractivity contribution is 0.147. The molecule has 6 nitrogen and oxygen atoms in total. The van der Waals surface area contributed by atoms with Crippen molar-refractivity contribution in [3.05, 3.63) is 47.5 Å². The summed E-state index contributed by atoms with van der Waals surface area (Å²) < 4.78 is 17.9. The molecular formula is C27H39NO5. The molecule has 0 spiro atoms. The minimum Gasteiger partial charge on any atom is -0.508 e. The van der Waals surface area contributed by atoms with Crippen molar-refractivity contribution >= 4 is 0 Å². The van der Waals surface area contributed by atoms with Gasteiger partial charge in [-0.15, -0.1) is 0 Å². The molecule has 0 amide bonds. The number of aliphatic hydroxyl groups excluding tert-OH is 1. The van der Waals surface area contributed by atoms with Crippen LogP contribution in [0, 0.1) is 0 Å². The number of phenols is 1. The molecule has 1 atom stereocenters. The summed E-state index contributed by atoms with van der Waals surface area (Å²) >= 11 is 0. The molecule has 3 rings (SSSR count). The molecule has 182 valence electrons. The molecule has 1 aliphatic rings. The van der Waals surface area contributed by atoms with Crippen LogP contribution >= 0.6 is 0 Å². The van der Waals surface area contributed by atoms with Crippen molar-refractivity contribution in [2.45, 2.75) is 58.0 Å². The number of unbranched alkanes of at least 4 members (excludes halogenated alkanes) is 1. The molecule has 0 saturated carbocycles. The smallest absolute Gasteiger partial charge is 0.170 e. The standard InChI is InChI=1S/C27H39NO5/c1-3-4-19-32-24-14-15-25(31-2)27(33-20-18-28-16-6-5-7-17-28)26(24)23(30)13-10-21-8-11-22(29)12-9-21/h8-9,11-12,14-15,23,29-30H,3-7,10,13,16-20H2,1-2H3. The van der Waals surface area contributed by atoms with E-state index in [-0.39, 0.29) is 5.75 Å². The quantitative estimate of drug-likeness (QED) is 0.407. The van der Waals surface area contributed by atoms with Gasteiger partial charge in [0.2, 0.25) is 0 Å². The second-order valence-electron chi connectivity index (χ2n) is 8.68. The van der Waals surface area contributed by atoms with Crippen molar-refractivity contribution in [3.8, 4) is 23.0 Å². The lowest BCUT2D eigenvalue weighted by Crippen LogP contribution is -2.33. The highest BCUT2D eigenvalue weighted by Crippen LogP contribution is 2.43. The maximum absolute atomic E-state index is 11.2. The molecule has 1 heterocycles. The van der Waals surface area contributed by atoms with E-state index in [1.807, 2.05) is 24.3 Å². The van der Waals surface area contributed by atoms with Crippen molar-refractivity contribution in [2.24, 2.45) is 0 Å². The Morgan fingerprint density at radius 1 is 0.939 bits per heavy atom. The Labute approximate surface area is 198 Å². The predicted molar refractivity (Wildman–Crippen MR) is 131 cm³/mol. The Kier molecular flexibility index (Phi) is 10.2. The Hall–Kier alpha value is -2.44. The molecule has 1 unspecified atom stereocenters. The average molecular weight is 458 g/mol. The number of aromatic hydroxyl groups is 1. The minimum absolute atomic E-state index is 0.239. The first-order valence-corrected chi connectivity index (χ1v) is 12.3. The molecular weight excluding hydrogens is 418 g/mol. The second kappa shape index (κ2) is 13.3. The van der Waals surface area contributed by atoms with Gasteiger partial charge in [-0.25, -0.2) is 0 Å². The van der Waals surface area contributed by atoms with Gasteiger partial charge in [0.25, 0.3) is 0 Å². The van der Waals surface area contributed by atoms with Gasteiger partial charge in [0.1, 0.15) is 18.1 Å². The number of nitrogens with zero attached hydrogens (tertiary/aromatic N) is 1. The van der Waals surface area contributed by atoms with Crippen LogP contribution in [-0.2, 0) is 6.42 Å². The molecule has 33 heavy (non-hydrogen) atoms. The summed E-state index contributed by atoms with van der Waals surface area (Å²) in [5, 5.41) is 20.8. The number of likely N-dealkylation sites (tertiary alicyclic amines) is 1. The van der Waals surface area contributed by atoms with Crippen LogP contribution < -0.4 is 14.2 Å². The van der Waals surface area contributed by atoms with Crippen LogP contribution in [0.1, 0.15) is 62.7 Å². The van der Waals surface area contributed by atoms with Gasteiger partial charge in [-0.3, -0.25) is 4.90 Å². The molecule has 2 aromatic rings. The minimum atomic E-state index is -0.768. The lowest BCUT2D eigenvalue weighted by Gasteiger charge is -2.27. The van der Waals surface area contributed by atoms with Gasteiger partial charge >= 0.3 is 0 Å². The largest absolute Gasteiger partial charge is 0.508 e. The van der Waals surface area contributed by atoms with Crippen LogP contribution in [-0.4, -0.2) is 55.1 Å². The van der Waals surface area contributed by atoms with Crippen LogP contribution in [0.4, 0.5) is 0 Å². The Balaban J connectivity index is 1.77. The Morgan fingerprint density at radius 2 is 1.67 bits per heavy atom. The highest BCUT2D eigenvalue weighted by atomic mass is 16.5. The highest BCUT2D eigenvalue weighted by molar-refractivity contribution is 5.55. The van der Waals surface area contributed by atoms with E-state index in [1.165, 1.54) is 19.3 Å². The van der Waals surface area contributed by atoms with Crippen molar-refractivity contribution in [3.63, 3.8) is 0 Å². The summed E-state index contributed by atoms with van der Waals surface area (Å²) in [7, 11) is 1.62. The van der Waals surface area contributed by atoms with Crippen molar-refractivity contribution in [2.75, 3.05) is 40.0 Å². The summed E-state index contributed by atoms with van der Waals surface area (Å²) in [6, 6.07) is 10.8. The maximum atomic E-state index is 11.2. The predicted octanol–water partition coefficient (Wildman–Crippen LogP) is 5.11. The van der Waals surface area contributed by atoms with Crippen molar-refractivity contribution < 1.29 is 24.4 Å². The first kappa shape index (κ1) is 25.2. The third-order valence-electron chi connectivity index (χ3n) is 6.17. The summed E-state index contributed by atoms with van der Waals surface area (Å²) in [6.45, 7) is 6.33. The van der Waals surface area contributed by atoms with Crippen LogP contribution in [0.2, 0.25) is 0 Å². The second-order valence-corrected chi connectivity index (χ2v) is 8.68. The molecule has 0 radical (unpaired) electrons. The van der Waals surface area contributed by atoms with Gasteiger partial charge < -0.3 is 24.4 Å². The van der Waals surface area contributed by atoms with E-state index >= 15 is 0 Å². The fraction of sp³-hybridized carbons (Fsp3) is 0.556. The highest BCUT2D eigenvalue weighted by Gasteiger charge is 2.24. The Bertz CT molecular complexity index is 833. The molecule has 0 aromatic heterocycles. The topological polar surface area (TPSA) is 71.4 Å². The number of hydrogen-bond acceptors (Lipinski definition) is 6. The number of methoxy groups -OCH3 is 1. The summed E-state index contributed by atoms with van der Waals surface area (Å²) in [4.78, 5) is 2.43. The van der Waals surface area contributed by atoms with E-state index in [0.717, 1.165) is 38.0 Å². The first-order valence-electron chi connectivity index (χ1n) is 12.3. The fourth-order valence-electron chi connectivity index (χ4n) is 4.21. The fourth-order valence-corrected chi connectivity index (χ4v) is 4.21. The van der Waals surface area contributed by atoms with Crippen LogP contribution in [0.25, 0.3) is 0 Å². The maximum Gasteiger partial charge on any atom is 0.170 e. The third-order valence-corrected chi connectivity index (χ3v) is 6.17. The SMILES string of the molecule is CCCCOc1ccc(OC)c(OCCN2CCCCC2)c1C(O)CCc1ccc(O)cc1. The number of hydrogen-bond donors (Lipinski definition) is 2. The molecule has 1 aliphatic heterocycles. The molecule has 1 saturated heterocycles. The third kappa shape index (κ3) is 7.54. The molecule has 6 heteroatoms. The number of rotatable bonds is 13. The number of phenolic OH excluding ortho intramolecular Hbond substituents is 1. The van der Waals surface area contributed by atoms with Gasteiger partial charge in [-0.2, -0.15) is 0 Å². The number of aliphatic hydroxyl groups is 1. The summed E-state index contributed by atoms with van der Waals surface area (Å²) in [5.74, 6) is 2.07. The van der Waals surface area contributed by atoms with Crippen LogP contribution in [0.5, 0.6) is 23.0 Å². The number of ether oxygens (including phenoxy) is 3. The van der Waals surface area contributed by atoms with E-state index in [1.54, 1.807) is 19.2 Å². The van der Waals surface area contributed by atoms with Gasteiger partial charge in [-0.1, -0.05) is 31.9 Å². The molecule has 0 aliphatic carbocycles. The zero-order valence-electron chi connectivity index (χ0n) is 20.1. The van der Waals surface area contributed by atoms with E-state index in [4.69, 9.17) is 14.2 Å². The van der Waals surface area contributed by atoms with Crippen molar-refractivity contribution in [1.29, 1.82) is 0 Å². The normalized spacial score (nSPS) is 15.2. The molecule has 1 fully saturated rings.